The third-order valence-corrected chi connectivity index (χ3v) is 4.41. The minimum Gasteiger partial charge on any atom is -0.428 e. The predicted molar refractivity (Wildman–Crippen MR) is 98.8 cm³/mol. The van der Waals surface area contributed by atoms with Crippen molar-refractivity contribution in [3.63, 3.8) is 0 Å². The van der Waals surface area contributed by atoms with Crippen molar-refractivity contribution in [1.82, 2.24) is 14.8 Å². The maximum Gasteiger partial charge on any atom is 0.258 e. The number of hydrogen-bond acceptors (Lipinski definition) is 5. The number of carbonyl (C=O) groups excluding carboxylic acids is 1. The number of aromatic nitrogens is 3. The fourth-order valence-corrected chi connectivity index (χ4v) is 3.11. The van der Waals surface area contributed by atoms with E-state index in [1.165, 1.54) is 12.6 Å². The Bertz CT molecular complexity index is 898. The summed E-state index contributed by atoms with van der Waals surface area (Å²) in [5.41, 5.74) is 3.67. The van der Waals surface area contributed by atoms with Gasteiger partial charge in [0.05, 0.1) is 5.56 Å². The Morgan fingerprint density at radius 2 is 2.04 bits per heavy atom. The summed E-state index contributed by atoms with van der Waals surface area (Å²) in [5.74, 6) is 0.396. The lowest BCUT2D eigenvalue weighted by Crippen LogP contribution is -2.14. The van der Waals surface area contributed by atoms with E-state index in [9.17, 15) is 4.79 Å². The van der Waals surface area contributed by atoms with Crippen LogP contribution in [0.2, 0.25) is 0 Å². The summed E-state index contributed by atoms with van der Waals surface area (Å²) >= 11 is 0. The van der Waals surface area contributed by atoms with Crippen LogP contribution in [0, 0.1) is 19.3 Å². The molecule has 0 saturated heterocycles. The van der Waals surface area contributed by atoms with Gasteiger partial charge in [0.15, 0.2) is 0 Å². The molecule has 1 amide bonds. The first-order chi connectivity index (χ1) is 12.6. The topological polar surface area (TPSA) is 96.8 Å². The van der Waals surface area contributed by atoms with Crippen LogP contribution in [0.1, 0.15) is 39.6 Å². The molecule has 0 fully saturated rings. The number of benzene rings is 1. The van der Waals surface area contributed by atoms with Crippen LogP contribution in [0.15, 0.2) is 41.1 Å². The van der Waals surface area contributed by atoms with Gasteiger partial charge < -0.3 is 19.7 Å². The third kappa shape index (κ3) is 3.56. The average Bonchev–Trinajstić information content (AvgIpc) is 3.23. The molecule has 2 heterocycles. The maximum absolute atomic E-state index is 12.8. The molecular weight excluding hydrogens is 330 g/mol. The van der Waals surface area contributed by atoms with E-state index in [0.29, 0.717) is 30.0 Å². The van der Waals surface area contributed by atoms with Crippen LogP contribution in [0.25, 0.3) is 0 Å². The Labute approximate surface area is 151 Å². The second-order valence-corrected chi connectivity index (χ2v) is 6.01. The lowest BCUT2D eigenvalue weighted by molar-refractivity contribution is 0.102. The molecule has 0 bridgehead atoms. The van der Waals surface area contributed by atoms with Crippen LogP contribution in [-0.2, 0) is 13.0 Å². The number of anilines is 1. The fourth-order valence-electron chi connectivity index (χ4n) is 3.11. The first kappa shape index (κ1) is 17.6. The zero-order valence-electron chi connectivity index (χ0n) is 14.8. The van der Waals surface area contributed by atoms with Crippen molar-refractivity contribution in [2.45, 2.75) is 33.2 Å². The number of carbonyl (C=O) groups is 1. The number of amides is 1. The normalized spacial score (nSPS) is 10.7. The second kappa shape index (κ2) is 7.77. The van der Waals surface area contributed by atoms with E-state index >= 15 is 0 Å². The molecule has 0 unspecified atom stereocenters. The van der Waals surface area contributed by atoms with Crippen molar-refractivity contribution in [2.24, 2.45) is 0 Å². The molecule has 0 aliphatic rings. The number of nitrogens with one attached hydrogen (secondary N) is 2. The van der Waals surface area contributed by atoms with Gasteiger partial charge in [-0.1, -0.05) is 18.2 Å². The third-order valence-electron chi connectivity index (χ3n) is 4.41. The van der Waals surface area contributed by atoms with Crippen molar-refractivity contribution in [3.05, 3.63) is 65.1 Å². The highest BCUT2D eigenvalue weighted by molar-refractivity contribution is 6.10. The minimum absolute atomic E-state index is 0.203. The van der Waals surface area contributed by atoms with Gasteiger partial charge in [-0.3, -0.25) is 4.79 Å². The highest BCUT2D eigenvalue weighted by atomic mass is 16.4. The minimum atomic E-state index is -0.203. The van der Waals surface area contributed by atoms with Crippen molar-refractivity contribution < 1.29 is 9.21 Å². The maximum atomic E-state index is 12.8. The fraction of sp³-hybridized carbons (Fsp3) is 0.263. The highest BCUT2D eigenvalue weighted by Crippen LogP contribution is 2.23. The van der Waals surface area contributed by atoms with E-state index in [2.05, 4.69) is 20.1 Å². The van der Waals surface area contributed by atoms with Gasteiger partial charge in [-0.25, -0.2) is 0 Å². The van der Waals surface area contributed by atoms with E-state index in [4.69, 9.17) is 9.83 Å². The monoisotopic (exact) mass is 351 g/mol. The van der Waals surface area contributed by atoms with E-state index in [0.717, 1.165) is 23.5 Å². The Balaban J connectivity index is 1.81. The number of nitrogens with zero attached hydrogens (tertiary/aromatic N) is 3. The summed E-state index contributed by atoms with van der Waals surface area (Å²) in [6.07, 6.45) is 4.04. The van der Waals surface area contributed by atoms with E-state index in [1.807, 2.05) is 44.2 Å². The molecule has 0 aliphatic carbocycles. The van der Waals surface area contributed by atoms with Crippen LogP contribution in [0.5, 0.6) is 0 Å². The van der Waals surface area contributed by atoms with E-state index in [1.54, 1.807) is 0 Å². The van der Waals surface area contributed by atoms with Gasteiger partial charge in [0.1, 0.15) is 0 Å². The quantitative estimate of drug-likeness (QED) is 0.638. The van der Waals surface area contributed by atoms with Gasteiger partial charge in [-0.05, 0) is 32.4 Å². The Kier molecular flexibility index (Phi) is 5.26. The summed E-state index contributed by atoms with van der Waals surface area (Å²) in [6.45, 7) is 4.55. The summed E-state index contributed by atoms with van der Waals surface area (Å²) < 4.78 is 7.22. The molecule has 26 heavy (non-hydrogen) atoms. The predicted octanol–water partition coefficient (Wildman–Crippen LogP) is 3.37. The molecule has 0 atom stereocenters. The first-order valence-corrected chi connectivity index (χ1v) is 8.43. The summed E-state index contributed by atoms with van der Waals surface area (Å²) in [6, 6.07) is 9.31. The van der Waals surface area contributed by atoms with Gasteiger partial charge in [0.25, 0.3) is 5.91 Å². The van der Waals surface area contributed by atoms with Crippen LogP contribution in [0.3, 0.4) is 0 Å². The molecular formula is C19H21N5O2. The summed E-state index contributed by atoms with van der Waals surface area (Å²) in [4.78, 5) is 12.8. The number of hydrogen-bond donors (Lipinski definition) is 2. The smallest absolute Gasteiger partial charge is 0.258 e. The van der Waals surface area contributed by atoms with Gasteiger partial charge >= 0.3 is 0 Å². The number of rotatable bonds is 7. The van der Waals surface area contributed by atoms with Crippen molar-refractivity contribution in [2.75, 3.05) is 5.32 Å². The summed E-state index contributed by atoms with van der Waals surface area (Å²) in [5, 5.41) is 18.2. The van der Waals surface area contributed by atoms with Gasteiger partial charge in [0.2, 0.25) is 12.3 Å². The molecule has 1 aromatic carbocycles. The average molecular weight is 351 g/mol. The van der Waals surface area contributed by atoms with Gasteiger partial charge in [0, 0.05) is 41.8 Å². The molecule has 0 radical (unpaired) electrons. The lowest BCUT2D eigenvalue weighted by atomic mass is 10.1. The van der Waals surface area contributed by atoms with E-state index in [-0.39, 0.29) is 5.91 Å². The molecule has 7 nitrogen and oxygen atoms in total. The van der Waals surface area contributed by atoms with Gasteiger partial charge in [-0.15, -0.1) is 10.2 Å². The molecule has 0 spiro atoms. The number of para-hydroxylation sites is 1. The molecule has 2 N–H and O–H groups in total. The van der Waals surface area contributed by atoms with E-state index < -0.39 is 0 Å². The highest BCUT2D eigenvalue weighted by Gasteiger charge is 2.22. The van der Waals surface area contributed by atoms with Crippen molar-refractivity contribution >= 4 is 17.8 Å². The Morgan fingerprint density at radius 1 is 1.27 bits per heavy atom. The Hall–Kier alpha value is -3.22. The molecule has 134 valence electrons. The van der Waals surface area contributed by atoms with Crippen LogP contribution >= 0.6 is 0 Å². The zero-order valence-corrected chi connectivity index (χ0v) is 14.8. The molecule has 0 saturated carbocycles. The standard InChI is InChI=1S/C19H21N5O2/c1-13-16(11-20)18(19(25)22-15-7-4-3-5-8-15)14(2)24(13)10-6-9-17-23-21-12-26-17/h3-5,7-8,11-12,20H,6,9-10H2,1-2H3,(H,22,25). The summed E-state index contributed by atoms with van der Waals surface area (Å²) in [7, 11) is 0. The molecule has 3 rings (SSSR count). The molecule has 2 aromatic heterocycles. The second-order valence-electron chi connectivity index (χ2n) is 6.01. The SMILES string of the molecule is Cc1c(C=N)c(C(=O)Nc2ccccc2)c(C)n1CCCc1nnco1. The zero-order chi connectivity index (χ0) is 18.5. The first-order valence-electron chi connectivity index (χ1n) is 8.43. The molecule has 7 heteroatoms. The van der Waals surface area contributed by atoms with Crippen molar-refractivity contribution in [3.8, 4) is 0 Å². The number of aryl methyl sites for hydroxylation is 1. The molecule has 3 aromatic rings. The van der Waals surface area contributed by atoms with Gasteiger partial charge in [-0.2, -0.15) is 0 Å². The van der Waals surface area contributed by atoms with Crippen LogP contribution in [0.4, 0.5) is 5.69 Å². The largest absolute Gasteiger partial charge is 0.428 e. The Morgan fingerprint density at radius 3 is 2.69 bits per heavy atom. The van der Waals surface area contributed by atoms with Crippen LogP contribution < -0.4 is 5.32 Å². The lowest BCUT2D eigenvalue weighted by Gasteiger charge is -2.09. The molecule has 0 aliphatic heterocycles. The van der Waals surface area contributed by atoms with Crippen LogP contribution in [-0.4, -0.2) is 26.9 Å². The van der Waals surface area contributed by atoms with Crippen molar-refractivity contribution in [1.29, 1.82) is 5.41 Å².